The van der Waals surface area contributed by atoms with Gasteiger partial charge in [-0.05, 0) is 31.4 Å². The first-order valence-electron chi connectivity index (χ1n) is 4.63. The van der Waals surface area contributed by atoms with E-state index in [1.807, 2.05) is 11.3 Å². The molecule has 1 aliphatic rings. The number of aryl methyl sites for hydroxylation is 1. The maximum atomic E-state index is 3.48. The smallest absolute Gasteiger partial charge is 0.0219 e. The number of hydrogen-bond donors (Lipinski definition) is 1. The van der Waals surface area contributed by atoms with Crippen LogP contribution in [-0.4, -0.2) is 6.04 Å². The van der Waals surface area contributed by atoms with E-state index in [2.05, 4.69) is 25.2 Å². The Labute approximate surface area is 77.8 Å². The van der Waals surface area contributed by atoms with Gasteiger partial charge in [-0.1, -0.05) is 6.92 Å². The Hall–Kier alpha value is -0.340. The molecule has 2 rings (SSSR count). The summed E-state index contributed by atoms with van der Waals surface area (Å²) < 4.78 is 0. The van der Waals surface area contributed by atoms with Crippen LogP contribution < -0.4 is 5.32 Å². The second-order valence-corrected chi connectivity index (χ2v) is 4.72. The standard InChI is InChI=1S/C10H15NS/c1-3-9-5-8-6-11-7(2)4-10(8)12-9/h5,7,11H,3-4,6H2,1-2H3. The molecule has 0 saturated carbocycles. The maximum absolute atomic E-state index is 3.48. The molecule has 0 radical (unpaired) electrons. The van der Waals surface area contributed by atoms with Crippen LogP contribution >= 0.6 is 11.3 Å². The average Bonchev–Trinajstić information content (AvgIpc) is 2.46. The molecule has 1 aliphatic heterocycles. The van der Waals surface area contributed by atoms with Gasteiger partial charge < -0.3 is 5.32 Å². The first kappa shape index (κ1) is 8.27. The van der Waals surface area contributed by atoms with E-state index in [4.69, 9.17) is 0 Å². The Morgan fingerprint density at radius 1 is 1.67 bits per heavy atom. The summed E-state index contributed by atoms with van der Waals surface area (Å²) in [6.07, 6.45) is 2.41. The first-order valence-corrected chi connectivity index (χ1v) is 5.45. The van der Waals surface area contributed by atoms with Crippen LogP contribution in [0.2, 0.25) is 0 Å². The van der Waals surface area contributed by atoms with Crippen LogP contribution in [0.25, 0.3) is 0 Å². The first-order chi connectivity index (χ1) is 5.79. The van der Waals surface area contributed by atoms with Crippen LogP contribution in [0.1, 0.15) is 29.2 Å². The zero-order valence-electron chi connectivity index (χ0n) is 7.68. The zero-order valence-corrected chi connectivity index (χ0v) is 8.50. The van der Waals surface area contributed by atoms with Gasteiger partial charge in [0, 0.05) is 22.3 Å². The van der Waals surface area contributed by atoms with E-state index in [0.29, 0.717) is 6.04 Å². The molecular weight excluding hydrogens is 166 g/mol. The van der Waals surface area contributed by atoms with Crippen LogP contribution in [0.4, 0.5) is 0 Å². The molecule has 12 heavy (non-hydrogen) atoms. The van der Waals surface area contributed by atoms with Crippen LogP contribution in [0.3, 0.4) is 0 Å². The fourth-order valence-electron chi connectivity index (χ4n) is 1.66. The normalized spacial score (nSPS) is 22.3. The van der Waals surface area contributed by atoms with E-state index in [9.17, 15) is 0 Å². The van der Waals surface area contributed by atoms with Gasteiger partial charge in [-0.25, -0.2) is 0 Å². The van der Waals surface area contributed by atoms with Crippen molar-refractivity contribution in [1.29, 1.82) is 0 Å². The lowest BCUT2D eigenvalue weighted by Gasteiger charge is -2.19. The van der Waals surface area contributed by atoms with Crippen molar-refractivity contribution in [1.82, 2.24) is 5.32 Å². The van der Waals surface area contributed by atoms with Crippen LogP contribution in [-0.2, 0) is 19.4 Å². The summed E-state index contributed by atoms with van der Waals surface area (Å²) in [5.74, 6) is 0. The van der Waals surface area contributed by atoms with E-state index >= 15 is 0 Å². The highest BCUT2D eigenvalue weighted by Gasteiger charge is 2.16. The zero-order chi connectivity index (χ0) is 8.55. The Bertz CT molecular complexity index is 277. The van der Waals surface area contributed by atoms with Crippen molar-refractivity contribution in [3.8, 4) is 0 Å². The van der Waals surface area contributed by atoms with Gasteiger partial charge in [0.2, 0.25) is 0 Å². The summed E-state index contributed by atoms with van der Waals surface area (Å²) in [6, 6.07) is 3.03. The molecule has 1 aromatic heterocycles. The quantitative estimate of drug-likeness (QED) is 0.701. The molecule has 1 atom stereocenters. The average molecular weight is 181 g/mol. The van der Waals surface area contributed by atoms with Gasteiger partial charge in [-0.2, -0.15) is 0 Å². The molecule has 0 spiro atoms. The second kappa shape index (κ2) is 3.19. The summed E-state index contributed by atoms with van der Waals surface area (Å²) in [7, 11) is 0. The van der Waals surface area contributed by atoms with Gasteiger partial charge in [0.25, 0.3) is 0 Å². The highest BCUT2D eigenvalue weighted by Crippen LogP contribution is 2.26. The largest absolute Gasteiger partial charge is 0.310 e. The third-order valence-electron chi connectivity index (χ3n) is 2.43. The summed E-state index contributed by atoms with van der Waals surface area (Å²) in [6.45, 7) is 5.56. The van der Waals surface area contributed by atoms with Crippen molar-refractivity contribution in [2.45, 2.75) is 39.3 Å². The van der Waals surface area contributed by atoms with E-state index in [1.165, 1.54) is 23.3 Å². The number of thiophene rings is 1. The minimum atomic E-state index is 0.667. The molecule has 0 aromatic carbocycles. The molecule has 2 heteroatoms. The van der Waals surface area contributed by atoms with Crippen molar-refractivity contribution < 1.29 is 0 Å². The minimum absolute atomic E-state index is 0.667. The van der Waals surface area contributed by atoms with Gasteiger partial charge >= 0.3 is 0 Å². The summed E-state index contributed by atoms with van der Waals surface area (Å²) in [5, 5.41) is 3.48. The molecule has 0 saturated heterocycles. The summed E-state index contributed by atoms with van der Waals surface area (Å²) >= 11 is 2.00. The molecular formula is C10H15NS. The fraction of sp³-hybridized carbons (Fsp3) is 0.600. The van der Waals surface area contributed by atoms with Crippen LogP contribution in [0.5, 0.6) is 0 Å². The van der Waals surface area contributed by atoms with Crippen LogP contribution in [0.15, 0.2) is 6.07 Å². The third-order valence-corrected chi connectivity index (χ3v) is 3.77. The molecule has 1 unspecified atom stereocenters. The summed E-state index contributed by atoms with van der Waals surface area (Å²) in [5.41, 5.74) is 1.54. The minimum Gasteiger partial charge on any atom is -0.310 e. The highest BCUT2D eigenvalue weighted by molar-refractivity contribution is 7.12. The third kappa shape index (κ3) is 1.41. The van der Waals surface area contributed by atoms with Crippen molar-refractivity contribution in [3.05, 3.63) is 21.4 Å². The topological polar surface area (TPSA) is 12.0 Å². The lowest BCUT2D eigenvalue weighted by atomic mass is 10.1. The lowest BCUT2D eigenvalue weighted by Crippen LogP contribution is -2.31. The van der Waals surface area contributed by atoms with E-state index in [-0.39, 0.29) is 0 Å². The molecule has 2 heterocycles. The fourth-order valence-corrected chi connectivity index (χ4v) is 2.92. The van der Waals surface area contributed by atoms with Gasteiger partial charge in [-0.15, -0.1) is 11.3 Å². The van der Waals surface area contributed by atoms with Crippen molar-refractivity contribution in [2.75, 3.05) is 0 Å². The Morgan fingerprint density at radius 2 is 2.50 bits per heavy atom. The monoisotopic (exact) mass is 181 g/mol. The Morgan fingerprint density at radius 3 is 3.25 bits per heavy atom. The number of nitrogens with one attached hydrogen (secondary N) is 1. The Kier molecular flexibility index (Phi) is 2.20. The molecule has 0 fully saturated rings. The predicted octanol–water partition coefficient (Wildman–Crippen LogP) is 2.34. The van der Waals surface area contributed by atoms with Gasteiger partial charge in [-0.3, -0.25) is 0 Å². The molecule has 66 valence electrons. The van der Waals surface area contributed by atoms with Crippen molar-refractivity contribution >= 4 is 11.3 Å². The lowest BCUT2D eigenvalue weighted by molar-refractivity contribution is 0.520. The SMILES string of the molecule is CCc1cc2c(s1)CC(C)NC2. The number of hydrogen-bond acceptors (Lipinski definition) is 2. The van der Waals surface area contributed by atoms with Crippen molar-refractivity contribution in [3.63, 3.8) is 0 Å². The number of fused-ring (bicyclic) bond motifs is 1. The van der Waals surface area contributed by atoms with Gasteiger partial charge in [0.1, 0.15) is 0 Å². The summed E-state index contributed by atoms with van der Waals surface area (Å²) in [4.78, 5) is 3.15. The van der Waals surface area contributed by atoms with Gasteiger partial charge in [0.15, 0.2) is 0 Å². The number of rotatable bonds is 1. The van der Waals surface area contributed by atoms with E-state index in [1.54, 1.807) is 4.88 Å². The highest BCUT2D eigenvalue weighted by atomic mass is 32.1. The molecule has 1 nitrogen and oxygen atoms in total. The molecule has 0 amide bonds. The van der Waals surface area contributed by atoms with Crippen LogP contribution in [0, 0.1) is 0 Å². The van der Waals surface area contributed by atoms with E-state index in [0.717, 1.165) is 6.54 Å². The van der Waals surface area contributed by atoms with Crippen molar-refractivity contribution in [2.24, 2.45) is 0 Å². The molecule has 1 N–H and O–H groups in total. The molecule has 1 aromatic rings. The van der Waals surface area contributed by atoms with E-state index < -0.39 is 0 Å². The predicted molar refractivity (Wildman–Crippen MR) is 53.7 cm³/mol. The molecule has 0 aliphatic carbocycles. The van der Waals surface area contributed by atoms with Gasteiger partial charge in [0.05, 0.1) is 0 Å². The second-order valence-electron chi connectivity index (χ2n) is 3.50. The molecule has 0 bridgehead atoms. The Balaban J connectivity index is 2.28. The maximum Gasteiger partial charge on any atom is 0.0219 e.